The highest BCUT2D eigenvalue weighted by Crippen LogP contribution is 2.32. The van der Waals surface area contributed by atoms with Gasteiger partial charge in [0, 0.05) is 36.7 Å². The summed E-state index contributed by atoms with van der Waals surface area (Å²) in [7, 11) is 1.78. The Morgan fingerprint density at radius 3 is 2.55 bits per heavy atom. The van der Waals surface area contributed by atoms with Gasteiger partial charge in [0.2, 0.25) is 5.91 Å². The van der Waals surface area contributed by atoms with Crippen LogP contribution in [0.4, 0.5) is 15.8 Å². The van der Waals surface area contributed by atoms with Gasteiger partial charge in [-0.05, 0) is 43.2 Å². The Labute approximate surface area is 246 Å². The van der Waals surface area contributed by atoms with E-state index >= 15 is 0 Å². The monoisotopic (exact) mass is 595 g/mol. The Bertz CT molecular complexity index is 1710. The largest absolute Gasteiger partial charge is 0.395 e. The summed E-state index contributed by atoms with van der Waals surface area (Å²) < 4.78 is 16.9. The minimum atomic E-state index is -1.47. The molecule has 1 aliphatic rings. The van der Waals surface area contributed by atoms with Crippen molar-refractivity contribution in [3.8, 4) is 0 Å². The molecule has 0 unspecified atom stereocenters. The number of rotatable bonds is 9. The number of aliphatic hydroxyl groups is 1. The van der Waals surface area contributed by atoms with Crippen LogP contribution in [0.1, 0.15) is 28.4 Å². The summed E-state index contributed by atoms with van der Waals surface area (Å²) >= 11 is 5.96. The van der Waals surface area contributed by atoms with Crippen molar-refractivity contribution in [1.29, 1.82) is 0 Å². The Morgan fingerprint density at radius 1 is 1.21 bits per heavy atom. The average Bonchev–Trinajstić information content (AvgIpc) is 3.37. The molecule has 0 aliphatic carbocycles. The van der Waals surface area contributed by atoms with Crippen molar-refractivity contribution in [3.05, 3.63) is 81.0 Å². The van der Waals surface area contributed by atoms with Gasteiger partial charge in [-0.2, -0.15) is 5.10 Å². The van der Waals surface area contributed by atoms with Crippen molar-refractivity contribution in [3.63, 3.8) is 0 Å². The Balaban J connectivity index is 1.58. The number of likely N-dealkylation sites (tertiary alicyclic amines) is 1. The molecule has 2 amide bonds. The Kier molecular flexibility index (Phi) is 8.02. The fourth-order valence-corrected chi connectivity index (χ4v) is 5.21. The van der Waals surface area contributed by atoms with E-state index in [9.17, 15) is 23.9 Å². The first-order valence-electron chi connectivity index (χ1n) is 13.4. The van der Waals surface area contributed by atoms with E-state index in [4.69, 9.17) is 11.6 Å². The van der Waals surface area contributed by atoms with Gasteiger partial charge < -0.3 is 20.2 Å². The number of halogens is 2. The summed E-state index contributed by atoms with van der Waals surface area (Å²) in [6.07, 6.45) is 5.00. The van der Waals surface area contributed by atoms with Gasteiger partial charge in [-0.15, -0.1) is 0 Å². The van der Waals surface area contributed by atoms with Gasteiger partial charge in [0.05, 0.1) is 43.5 Å². The molecule has 4 aromatic rings. The van der Waals surface area contributed by atoms with Crippen molar-refractivity contribution < 1.29 is 19.1 Å². The number of pyridine rings is 2. The van der Waals surface area contributed by atoms with E-state index in [0.717, 1.165) is 5.56 Å². The highest BCUT2D eigenvalue weighted by Gasteiger charge is 2.41. The van der Waals surface area contributed by atoms with Gasteiger partial charge in [0.15, 0.2) is 0 Å². The third-order valence-electron chi connectivity index (χ3n) is 7.27. The normalized spacial score (nSPS) is 14.1. The highest BCUT2D eigenvalue weighted by molar-refractivity contribution is 6.30. The molecule has 0 bridgehead atoms. The molecule has 1 saturated heterocycles. The first-order valence-corrected chi connectivity index (χ1v) is 13.7. The van der Waals surface area contributed by atoms with Crippen LogP contribution in [0.3, 0.4) is 0 Å². The van der Waals surface area contributed by atoms with Crippen LogP contribution in [0.25, 0.3) is 11.0 Å². The van der Waals surface area contributed by atoms with E-state index in [1.54, 1.807) is 54.6 Å². The summed E-state index contributed by atoms with van der Waals surface area (Å²) in [5.41, 5.74) is 0.683. The minimum Gasteiger partial charge on any atom is -0.395 e. The zero-order valence-electron chi connectivity index (χ0n) is 23.5. The van der Waals surface area contributed by atoms with Crippen LogP contribution in [0, 0.1) is 6.92 Å². The number of nitrogens with zero attached hydrogens (tertiary/aromatic N) is 6. The standard InChI is InChI=1S/C29H31ClFN7O4/c1-18-22-10-23(27(41)33-11-19-4-6-20(30)7-5-19)28(42)38(15-25(40)36-16-29(2,31)17-36)26(22)32-13-24(18)37(8-9-39)21-12-34-35(3)14-21/h4-7,10,12-14,39H,8-9,11,15-17H2,1-3H3,(H,33,41). The zero-order valence-corrected chi connectivity index (χ0v) is 24.2. The van der Waals surface area contributed by atoms with Gasteiger partial charge in [-0.1, -0.05) is 23.7 Å². The number of nitrogens with one attached hydrogen (secondary N) is 1. The second-order valence-corrected chi connectivity index (χ2v) is 11.1. The van der Waals surface area contributed by atoms with Crippen molar-refractivity contribution in [2.24, 2.45) is 7.05 Å². The predicted octanol–water partition coefficient (Wildman–Crippen LogP) is 2.72. The molecule has 2 N–H and O–H groups in total. The van der Waals surface area contributed by atoms with Crippen molar-refractivity contribution in [1.82, 2.24) is 29.5 Å². The molecular weight excluding hydrogens is 565 g/mol. The van der Waals surface area contributed by atoms with E-state index in [2.05, 4.69) is 15.4 Å². The number of anilines is 2. The van der Waals surface area contributed by atoms with Gasteiger partial charge >= 0.3 is 0 Å². The van der Waals surface area contributed by atoms with E-state index in [1.165, 1.54) is 22.5 Å². The zero-order chi connectivity index (χ0) is 30.2. The lowest BCUT2D eigenvalue weighted by Gasteiger charge is -2.42. The molecule has 11 nitrogen and oxygen atoms in total. The smallest absolute Gasteiger partial charge is 0.265 e. The van der Waals surface area contributed by atoms with Gasteiger partial charge in [-0.3, -0.25) is 23.6 Å². The maximum absolute atomic E-state index is 14.1. The fourth-order valence-electron chi connectivity index (χ4n) is 5.09. The lowest BCUT2D eigenvalue weighted by atomic mass is 9.99. The van der Waals surface area contributed by atoms with Crippen molar-refractivity contribution in [2.45, 2.75) is 32.6 Å². The maximum atomic E-state index is 14.1. The lowest BCUT2D eigenvalue weighted by Crippen LogP contribution is -2.60. The quantitative estimate of drug-likeness (QED) is 0.305. The number of hydrogen-bond acceptors (Lipinski definition) is 7. The third kappa shape index (κ3) is 5.86. The Morgan fingerprint density at radius 2 is 1.93 bits per heavy atom. The second-order valence-electron chi connectivity index (χ2n) is 10.7. The van der Waals surface area contributed by atoms with Crippen molar-refractivity contribution in [2.75, 3.05) is 31.1 Å². The van der Waals surface area contributed by atoms with Crippen LogP contribution in [0.15, 0.2) is 53.7 Å². The molecular formula is C29H31ClFN7O4. The lowest BCUT2D eigenvalue weighted by molar-refractivity contribution is -0.144. The molecule has 42 heavy (non-hydrogen) atoms. The summed E-state index contributed by atoms with van der Waals surface area (Å²) in [5.74, 6) is -1.07. The molecule has 5 rings (SSSR count). The molecule has 0 atom stereocenters. The third-order valence-corrected chi connectivity index (χ3v) is 7.53. The molecule has 13 heteroatoms. The van der Waals surface area contributed by atoms with E-state index in [1.807, 2.05) is 11.8 Å². The first kappa shape index (κ1) is 29.2. The van der Waals surface area contributed by atoms with E-state index < -0.39 is 29.6 Å². The molecule has 0 saturated carbocycles. The number of carbonyl (C=O) groups excluding carboxylic acids is 2. The number of hydrogen-bond donors (Lipinski definition) is 2. The average molecular weight is 596 g/mol. The highest BCUT2D eigenvalue weighted by atomic mass is 35.5. The molecule has 4 heterocycles. The summed E-state index contributed by atoms with van der Waals surface area (Å²) in [5, 5.41) is 17.8. The number of aryl methyl sites for hydroxylation is 2. The molecule has 3 aromatic heterocycles. The van der Waals surface area contributed by atoms with Crippen LogP contribution in [-0.2, 0) is 24.9 Å². The number of aromatic nitrogens is 4. The van der Waals surface area contributed by atoms with Crippen LogP contribution in [-0.4, -0.2) is 73.1 Å². The number of benzene rings is 1. The van der Waals surface area contributed by atoms with Crippen molar-refractivity contribution >= 4 is 45.8 Å². The topological polar surface area (TPSA) is 126 Å². The van der Waals surface area contributed by atoms with Gasteiger partial charge in [0.25, 0.3) is 11.5 Å². The minimum absolute atomic E-state index is 0.0718. The molecule has 220 valence electrons. The summed E-state index contributed by atoms with van der Waals surface area (Å²) in [6, 6.07) is 8.41. The molecule has 0 radical (unpaired) electrons. The van der Waals surface area contributed by atoms with Crippen LogP contribution >= 0.6 is 11.6 Å². The number of carbonyl (C=O) groups is 2. The SMILES string of the molecule is Cc1c(N(CCO)c2cnn(C)c2)cnc2c1cc(C(=O)NCc1ccc(Cl)cc1)c(=O)n2CC(=O)N1CC(C)(F)C1. The molecule has 0 spiro atoms. The fraction of sp³-hybridized carbons (Fsp3) is 0.345. The molecule has 1 fully saturated rings. The first-order chi connectivity index (χ1) is 20.0. The second kappa shape index (κ2) is 11.5. The number of fused-ring (bicyclic) bond motifs is 1. The van der Waals surface area contributed by atoms with Gasteiger partial charge in [0.1, 0.15) is 23.4 Å². The van der Waals surface area contributed by atoms with Gasteiger partial charge in [-0.25, -0.2) is 9.37 Å². The number of aliphatic hydroxyl groups excluding tert-OH is 1. The number of alkyl halides is 1. The number of amides is 2. The van der Waals surface area contributed by atoms with Crippen LogP contribution < -0.4 is 15.8 Å². The predicted molar refractivity (Wildman–Crippen MR) is 157 cm³/mol. The van der Waals surface area contributed by atoms with E-state index in [-0.39, 0.29) is 44.0 Å². The maximum Gasteiger partial charge on any atom is 0.265 e. The van der Waals surface area contributed by atoms with Crippen LogP contribution in [0.2, 0.25) is 5.02 Å². The summed E-state index contributed by atoms with van der Waals surface area (Å²) in [6.45, 7) is 2.92. The molecule has 1 aliphatic heterocycles. The Hall–Kier alpha value is -4.29. The summed E-state index contributed by atoms with van der Waals surface area (Å²) in [4.78, 5) is 47.8. The molecule has 1 aromatic carbocycles. The van der Waals surface area contributed by atoms with E-state index in [0.29, 0.717) is 27.3 Å². The van der Waals surface area contributed by atoms with Crippen LogP contribution in [0.5, 0.6) is 0 Å².